The molecule has 2 saturated heterocycles. The van der Waals surface area contributed by atoms with Gasteiger partial charge in [0, 0.05) is 57.6 Å². The number of nitrogens with one attached hydrogen (secondary N) is 1. The highest BCUT2D eigenvalue weighted by Crippen LogP contribution is 2.35. The highest BCUT2D eigenvalue weighted by molar-refractivity contribution is 7.86. The summed E-state index contributed by atoms with van der Waals surface area (Å²) in [6, 6.07) is 51.9. The minimum Gasteiger partial charge on any atom is -0.508 e. The van der Waals surface area contributed by atoms with E-state index in [1.54, 1.807) is 36.4 Å². The lowest BCUT2D eigenvalue weighted by Crippen LogP contribution is -2.35. The number of hydrogen-bond acceptors (Lipinski definition) is 15. The van der Waals surface area contributed by atoms with Crippen molar-refractivity contribution in [3.8, 4) is 17.2 Å². The third kappa shape index (κ3) is 26.3. The second kappa shape index (κ2) is 37.2. The fourth-order valence-electron chi connectivity index (χ4n) is 10.3. The summed E-state index contributed by atoms with van der Waals surface area (Å²) in [5, 5.41) is 22.1. The zero-order valence-corrected chi connectivity index (χ0v) is 55.8. The summed E-state index contributed by atoms with van der Waals surface area (Å²) in [5.74, 6) is 4.52. The van der Waals surface area contributed by atoms with Crippen LogP contribution < -0.4 is 14.8 Å². The van der Waals surface area contributed by atoms with Crippen molar-refractivity contribution >= 4 is 10.1 Å². The Kier molecular flexibility index (Phi) is 29.1. The van der Waals surface area contributed by atoms with Gasteiger partial charge in [-0.25, -0.2) is 0 Å². The molecule has 3 saturated carbocycles. The minimum atomic E-state index is -3.78. The first-order valence-electron chi connectivity index (χ1n) is 33.3. The van der Waals surface area contributed by atoms with Crippen LogP contribution in [-0.2, 0) is 57.2 Å². The van der Waals surface area contributed by atoms with Crippen LogP contribution in [0.2, 0.25) is 0 Å². The van der Waals surface area contributed by atoms with Crippen LogP contribution in [0.3, 0.4) is 0 Å². The number of aromatic hydroxyl groups is 1. The SMILES string of the molecule is CC(C)N1C[C@@H](COc2ccc(CCOCC3CC3)cc2)O[C@H]1c1ccccc1.CC(C)NC[C@H](O)COc1ccc(CCOCC2CC2)cc1.Cc1ccc(S(=O)(=O)OC[C@H]2CN(C(C)C)[C@H](c3ccccc3)O2)cc1.Oc1ccc(CCOCC2CC2)cc1. The number of hydrogen-bond donors (Lipinski definition) is 3. The second-order valence-electron chi connectivity index (χ2n) is 25.8. The van der Waals surface area contributed by atoms with E-state index in [-0.39, 0.29) is 42.2 Å². The van der Waals surface area contributed by atoms with Crippen LogP contribution in [0.15, 0.2) is 163 Å². The first-order valence-corrected chi connectivity index (χ1v) is 34.7. The van der Waals surface area contributed by atoms with Gasteiger partial charge < -0.3 is 48.7 Å². The van der Waals surface area contributed by atoms with E-state index in [2.05, 4.69) is 117 Å². The van der Waals surface area contributed by atoms with Gasteiger partial charge in [-0.2, -0.15) is 8.42 Å². The van der Waals surface area contributed by atoms with Crippen molar-refractivity contribution in [1.82, 2.24) is 15.1 Å². The molecule has 2 heterocycles. The number of benzene rings is 6. The van der Waals surface area contributed by atoms with Gasteiger partial charge in [0.2, 0.25) is 0 Å². The van der Waals surface area contributed by atoms with Crippen LogP contribution >= 0.6 is 0 Å². The summed E-state index contributed by atoms with van der Waals surface area (Å²) in [6.45, 7) is 22.8. The quantitative estimate of drug-likeness (QED) is 0.0269. The van der Waals surface area contributed by atoms with Gasteiger partial charge in [0.1, 0.15) is 55.1 Å². The Morgan fingerprint density at radius 3 is 1.33 bits per heavy atom. The van der Waals surface area contributed by atoms with Crippen molar-refractivity contribution in [2.45, 2.75) is 160 Å². The van der Waals surface area contributed by atoms with Crippen LogP contribution in [0.5, 0.6) is 17.2 Å². The van der Waals surface area contributed by atoms with Gasteiger partial charge >= 0.3 is 0 Å². The van der Waals surface area contributed by atoms with E-state index in [4.69, 9.17) is 42.4 Å². The maximum absolute atomic E-state index is 12.4. The molecule has 6 aromatic carbocycles. The third-order valence-electron chi connectivity index (χ3n) is 16.5. The molecule has 3 aliphatic carbocycles. The van der Waals surface area contributed by atoms with Crippen molar-refractivity contribution in [3.63, 3.8) is 0 Å². The molecule has 5 aliphatic rings. The molecule has 0 aromatic heterocycles. The minimum absolute atomic E-state index is 0.00261. The van der Waals surface area contributed by atoms with E-state index >= 15 is 0 Å². The smallest absolute Gasteiger partial charge is 0.297 e. The molecule has 0 spiro atoms. The highest BCUT2D eigenvalue weighted by atomic mass is 32.2. The molecule has 496 valence electrons. The molecule has 6 aromatic rings. The molecule has 0 unspecified atom stereocenters. The van der Waals surface area contributed by atoms with Gasteiger partial charge in [0.25, 0.3) is 10.1 Å². The summed E-state index contributed by atoms with van der Waals surface area (Å²) < 4.78 is 71.0. The van der Waals surface area contributed by atoms with Crippen LogP contribution in [-0.4, -0.2) is 144 Å². The first kappa shape index (κ1) is 71.1. The molecule has 16 heteroatoms. The number of phenolic OH excluding ortho intramolecular Hbond substituents is 1. The van der Waals surface area contributed by atoms with E-state index in [9.17, 15) is 13.5 Å². The predicted octanol–water partition coefficient (Wildman–Crippen LogP) is 13.1. The lowest BCUT2D eigenvalue weighted by Gasteiger charge is -2.26. The van der Waals surface area contributed by atoms with Crippen molar-refractivity contribution in [3.05, 3.63) is 191 Å². The van der Waals surface area contributed by atoms with E-state index in [1.165, 1.54) is 60.8 Å². The van der Waals surface area contributed by atoms with Gasteiger partial charge in [-0.05, 0) is 187 Å². The van der Waals surface area contributed by atoms with Crippen LogP contribution in [0.1, 0.15) is 126 Å². The summed E-state index contributed by atoms with van der Waals surface area (Å²) >= 11 is 0. The Bertz CT molecular complexity index is 3060. The largest absolute Gasteiger partial charge is 0.508 e. The number of aryl methyl sites for hydroxylation is 1. The molecule has 0 amide bonds. The predicted molar refractivity (Wildman–Crippen MR) is 359 cm³/mol. The van der Waals surface area contributed by atoms with Gasteiger partial charge in [0.15, 0.2) is 0 Å². The normalized spacial score (nSPS) is 19.5. The van der Waals surface area contributed by atoms with E-state index < -0.39 is 16.2 Å². The number of aliphatic hydroxyl groups is 1. The zero-order chi connectivity index (χ0) is 64.4. The number of phenols is 1. The van der Waals surface area contributed by atoms with Crippen molar-refractivity contribution in [1.29, 1.82) is 0 Å². The monoisotopic (exact) mass is 1270 g/mol. The van der Waals surface area contributed by atoms with Gasteiger partial charge in [0.05, 0.1) is 37.4 Å². The number of rotatable bonds is 32. The fraction of sp³-hybridized carbons (Fsp3) is 0.520. The molecule has 5 fully saturated rings. The number of ether oxygens (including phenoxy) is 7. The molecule has 0 radical (unpaired) electrons. The molecular weight excluding hydrogens is 1170 g/mol. The van der Waals surface area contributed by atoms with E-state index in [1.807, 2.05) is 67.6 Å². The van der Waals surface area contributed by atoms with Crippen molar-refractivity contribution < 1.29 is 56.0 Å². The summed E-state index contributed by atoms with van der Waals surface area (Å²) in [4.78, 5) is 4.78. The lowest BCUT2D eigenvalue weighted by atomic mass is 10.1. The molecule has 3 N–H and O–H groups in total. The molecular formula is C75H103N3O12S. The van der Waals surface area contributed by atoms with Crippen LogP contribution in [0, 0.1) is 24.7 Å². The average molecular weight is 1270 g/mol. The Balaban J connectivity index is 0.000000161. The third-order valence-corrected chi connectivity index (χ3v) is 17.8. The lowest BCUT2D eigenvalue weighted by molar-refractivity contribution is -0.0234. The molecule has 5 atom stereocenters. The van der Waals surface area contributed by atoms with Crippen molar-refractivity contribution in [2.24, 2.45) is 17.8 Å². The van der Waals surface area contributed by atoms with Crippen LogP contribution in [0.25, 0.3) is 0 Å². The molecule has 15 nitrogen and oxygen atoms in total. The molecule has 11 rings (SSSR count). The molecule has 0 bridgehead atoms. The maximum Gasteiger partial charge on any atom is 0.297 e. The van der Waals surface area contributed by atoms with Gasteiger partial charge in [-0.1, -0.05) is 129 Å². The highest BCUT2D eigenvalue weighted by Gasteiger charge is 2.37. The van der Waals surface area contributed by atoms with Gasteiger partial charge in [-0.15, -0.1) is 0 Å². The van der Waals surface area contributed by atoms with E-state index in [0.717, 1.165) is 106 Å². The summed E-state index contributed by atoms with van der Waals surface area (Å²) in [5.41, 5.74) is 7.03. The topological polar surface area (TPSA) is 167 Å². The number of aliphatic hydroxyl groups excluding tert-OH is 1. The summed E-state index contributed by atoms with van der Waals surface area (Å²) in [7, 11) is -3.78. The zero-order valence-electron chi connectivity index (χ0n) is 55.0. The average Bonchev–Trinajstić information content (AvgIpc) is 2.48. The molecule has 91 heavy (non-hydrogen) atoms. The van der Waals surface area contributed by atoms with Gasteiger partial charge in [-0.3, -0.25) is 14.0 Å². The van der Waals surface area contributed by atoms with E-state index in [0.29, 0.717) is 44.1 Å². The number of nitrogens with zero attached hydrogens (tertiary/aromatic N) is 2. The maximum atomic E-state index is 12.4. The van der Waals surface area contributed by atoms with Crippen molar-refractivity contribution in [2.75, 3.05) is 79.1 Å². The first-order chi connectivity index (χ1) is 44.0. The van der Waals surface area contributed by atoms with Crippen LogP contribution in [0.4, 0.5) is 0 Å². The molecule has 2 aliphatic heterocycles. The standard InChI is InChI=1S/C25H33NO3.C20H25NO4S.C18H29NO3.C12H16O2/c1-19(2)26-16-24(29-25(26)22-6-4-3-5-7-22)18-28-23-12-10-20(11-13-23)14-15-27-17-21-8-9-21;1-15(2)21-13-18(25-20(21)17-7-5-4-6-8-17)14-24-26(22,23)19-11-9-16(3)10-12-19;1-14(2)19-11-17(20)13-22-18-7-5-15(6-8-18)9-10-21-12-16-3-4-16;13-12-5-3-10(4-6-12)7-8-14-9-11-1-2-11/h3-7,10-13,19,21,24-25H,8-9,14-18H2,1-2H3;4-12,15,18,20H,13-14H2,1-3H3;5-8,14,16-17,19-20H,3-4,9-13H2,1-2H3;3-6,11,13H,1-2,7-9H2/t24-,25-;18-,20+;17-;/m010./s1. The Morgan fingerprint density at radius 1 is 0.516 bits per heavy atom. The summed E-state index contributed by atoms with van der Waals surface area (Å²) in [6.07, 6.45) is 9.98. The Hall–Kier alpha value is -5.73. The Labute approximate surface area is 543 Å². The second-order valence-corrected chi connectivity index (χ2v) is 27.4. The Morgan fingerprint density at radius 2 is 0.923 bits per heavy atom. The fourth-order valence-corrected chi connectivity index (χ4v) is 11.2.